The zero-order chi connectivity index (χ0) is 29.8. The number of ether oxygens (including phenoxy) is 2. The molecule has 1 fully saturated rings. The van der Waals surface area contributed by atoms with E-state index >= 15 is 0 Å². The van der Waals surface area contributed by atoms with E-state index in [9.17, 15) is 14.7 Å². The van der Waals surface area contributed by atoms with Gasteiger partial charge in [0.2, 0.25) is 0 Å². The number of carbonyl (C=O) groups excluding carboxylic acids is 1. The summed E-state index contributed by atoms with van der Waals surface area (Å²) < 4.78 is 16.6. The highest BCUT2D eigenvalue weighted by molar-refractivity contribution is 6.39. The van der Waals surface area contributed by atoms with Crippen molar-refractivity contribution in [2.45, 2.75) is 32.3 Å². The van der Waals surface area contributed by atoms with Crippen LogP contribution in [0.1, 0.15) is 58.5 Å². The van der Waals surface area contributed by atoms with E-state index in [2.05, 4.69) is 22.3 Å². The fourth-order valence-corrected chi connectivity index (χ4v) is 5.00. The topological polar surface area (TPSA) is 111 Å². The lowest BCUT2D eigenvalue weighted by Crippen LogP contribution is -2.14. The number of carboxylic acids is 1. The van der Waals surface area contributed by atoms with Gasteiger partial charge in [-0.15, -0.1) is 0 Å². The molecule has 8 nitrogen and oxygen atoms in total. The van der Waals surface area contributed by atoms with Crippen molar-refractivity contribution >= 4 is 52.6 Å². The number of aromatic nitrogens is 1. The van der Waals surface area contributed by atoms with Crippen LogP contribution in [0, 0.1) is 11.8 Å². The average molecular weight is 626 g/mol. The monoisotopic (exact) mass is 624 g/mol. The molecule has 0 unspecified atom stereocenters. The lowest BCUT2D eigenvalue weighted by atomic mass is 10.0. The molecule has 42 heavy (non-hydrogen) atoms. The standard InChI is InChI=1S/C31H23Cl3N2O6/c1-2-40-31(39)35-21-13-17(12-20(14-21)30(37)38)6-7-18-10-11-22(15-26(18)34)41-16-23-28(36-42-29(23)19-8-9-19)27-24(32)4-3-5-25(27)33/h3-5,10-15,19H,2,8-9,16H2,1H3,(H,35,39)(H,37,38). The van der Waals surface area contributed by atoms with Crippen molar-refractivity contribution in [1.29, 1.82) is 0 Å². The number of nitrogens with zero attached hydrogens (tertiary/aromatic N) is 1. The third-order valence-corrected chi connectivity index (χ3v) is 7.28. The molecule has 214 valence electrons. The van der Waals surface area contributed by atoms with E-state index in [1.165, 1.54) is 12.1 Å². The first-order chi connectivity index (χ1) is 20.2. The van der Waals surface area contributed by atoms with Crippen LogP contribution in [0.4, 0.5) is 10.5 Å². The largest absolute Gasteiger partial charge is 0.489 e. The fourth-order valence-electron chi connectivity index (χ4n) is 4.21. The third kappa shape index (κ3) is 6.82. The molecule has 0 saturated heterocycles. The Balaban J connectivity index is 1.36. The fraction of sp³-hybridized carbons (Fsp3) is 0.194. The van der Waals surface area contributed by atoms with Gasteiger partial charge in [0.1, 0.15) is 23.8 Å². The predicted molar refractivity (Wildman–Crippen MR) is 160 cm³/mol. The summed E-state index contributed by atoms with van der Waals surface area (Å²) >= 11 is 19.4. The lowest BCUT2D eigenvalue weighted by molar-refractivity contribution is 0.0696. The molecule has 0 bridgehead atoms. The number of carbonyl (C=O) groups is 2. The molecule has 3 aromatic carbocycles. The summed E-state index contributed by atoms with van der Waals surface area (Å²) in [6.07, 6.45) is 1.31. The maximum atomic E-state index is 11.8. The maximum absolute atomic E-state index is 11.8. The number of carboxylic acid groups (broad SMARTS) is 1. The minimum atomic E-state index is -1.16. The first-order valence-corrected chi connectivity index (χ1v) is 14.1. The minimum Gasteiger partial charge on any atom is -0.489 e. The molecular weight excluding hydrogens is 603 g/mol. The van der Waals surface area contributed by atoms with E-state index in [0.717, 1.165) is 24.2 Å². The second kappa shape index (κ2) is 12.8. The molecule has 1 aliphatic carbocycles. The number of anilines is 1. The Labute approximate surface area is 256 Å². The van der Waals surface area contributed by atoms with Crippen molar-refractivity contribution < 1.29 is 28.7 Å². The number of hydrogen-bond acceptors (Lipinski definition) is 6. The van der Waals surface area contributed by atoms with Crippen molar-refractivity contribution in [2.75, 3.05) is 11.9 Å². The number of halogens is 3. The summed E-state index contributed by atoms with van der Waals surface area (Å²) in [5.41, 5.74) is 2.97. The average Bonchev–Trinajstić information content (AvgIpc) is 3.71. The predicted octanol–water partition coefficient (Wildman–Crippen LogP) is 8.42. The second-order valence-electron chi connectivity index (χ2n) is 9.37. The highest BCUT2D eigenvalue weighted by Gasteiger charge is 2.33. The van der Waals surface area contributed by atoms with Gasteiger partial charge < -0.3 is 19.1 Å². The van der Waals surface area contributed by atoms with Crippen LogP contribution < -0.4 is 10.1 Å². The molecule has 2 N–H and O–H groups in total. The quantitative estimate of drug-likeness (QED) is 0.189. The van der Waals surface area contributed by atoms with E-state index < -0.39 is 12.1 Å². The Morgan fingerprint density at radius 1 is 1.05 bits per heavy atom. The van der Waals surface area contributed by atoms with Crippen LogP contribution in [0.2, 0.25) is 15.1 Å². The summed E-state index contributed by atoms with van der Waals surface area (Å²) in [5.74, 6) is 6.22. The Hall–Kier alpha value is -4.16. The van der Waals surface area contributed by atoms with Crippen molar-refractivity contribution in [2.24, 2.45) is 0 Å². The number of benzene rings is 3. The molecule has 5 rings (SSSR count). The zero-order valence-corrected chi connectivity index (χ0v) is 24.4. The first-order valence-electron chi connectivity index (χ1n) is 12.9. The van der Waals surface area contributed by atoms with Gasteiger partial charge in [0.15, 0.2) is 0 Å². The van der Waals surface area contributed by atoms with Crippen LogP contribution in [-0.4, -0.2) is 28.9 Å². The molecule has 1 amide bonds. The molecule has 1 aliphatic rings. The summed E-state index contributed by atoms with van der Waals surface area (Å²) in [6.45, 7) is 2.00. The molecular formula is C31H23Cl3N2O6. The molecule has 1 saturated carbocycles. The van der Waals surface area contributed by atoms with Crippen molar-refractivity contribution in [1.82, 2.24) is 5.16 Å². The lowest BCUT2D eigenvalue weighted by Gasteiger charge is -2.10. The third-order valence-electron chi connectivity index (χ3n) is 6.33. The first kappa shape index (κ1) is 29.3. The number of nitrogens with one attached hydrogen (secondary N) is 1. The van der Waals surface area contributed by atoms with Gasteiger partial charge in [-0.3, -0.25) is 5.32 Å². The second-order valence-corrected chi connectivity index (χ2v) is 10.6. The Bertz CT molecular complexity index is 1720. The van der Waals surface area contributed by atoms with Crippen LogP contribution in [0.15, 0.2) is 59.1 Å². The van der Waals surface area contributed by atoms with Crippen molar-refractivity contribution in [3.8, 4) is 28.8 Å². The van der Waals surface area contributed by atoms with Crippen LogP contribution in [0.25, 0.3) is 11.3 Å². The van der Waals surface area contributed by atoms with Gasteiger partial charge in [-0.1, -0.05) is 57.9 Å². The number of amides is 1. The van der Waals surface area contributed by atoms with Gasteiger partial charge in [-0.25, -0.2) is 9.59 Å². The van der Waals surface area contributed by atoms with Gasteiger partial charge in [-0.05, 0) is 62.2 Å². The highest BCUT2D eigenvalue weighted by Crippen LogP contribution is 2.46. The van der Waals surface area contributed by atoms with Gasteiger partial charge >= 0.3 is 12.1 Å². The van der Waals surface area contributed by atoms with E-state index in [0.29, 0.717) is 43.2 Å². The normalized spacial score (nSPS) is 12.3. The molecule has 1 aromatic heterocycles. The van der Waals surface area contributed by atoms with E-state index in [-0.39, 0.29) is 30.4 Å². The zero-order valence-electron chi connectivity index (χ0n) is 22.2. The summed E-state index contributed by atoms with van der Waals surface area (Å²) in [5, 5.41) is 17.5. The maximum Gasteiger partial charge on any atom is 0.411 e. The minimum absolute atomic E-state index is 0.0415. The van der Waals surface area contributed by atoms with Crippen LogP contribution >= 0.6 is 34.8 Å². The van der Waals surface area contributed by atoms with Crippen molar-refractivity contribution in [3.05, 3.63) is 97.7 Å². The highest BCUT2D eigenvalue weighted by atomic mass is 35.5. The number of hydrogen-bond donors (Lipinski definition) is 2. The SMILES string of the molecule is CCOC(=O)Nc1cc(C#Cc2ccc(OCc3c(-c4c(Cl)cccc4Cl)noc3C3CC3)cc2Cl)cc(C(=O)O)c1. The molecule has 0 aliphatic heterocycles. The molecule has 0 radical (unpaired) electrons. The van der Waals surface area contributed by atoms with Gasteiger partial charge in [0, 0.05) is 34.4 Å². The van der Waals surface area contributed by atoms with Crippen molar-refractivity contribution in [3.63, 3.8) is 0 Å². The molecule has 0 atom stereocenters. The van der Waals surface area contributed by atoms with E-state index in [4.69, 9.17) is 48.8 Å². The van der Waals surface area contributed by atoms with E-state index in [1.54, 1.807) is 49.4 Å². The molecule has 0 spiro atoms. The summed E-state index contributed by atoms with van der Waals surface area (Å²) in [7, 11) is 0. The molecule has 11 heteroatoms. The molecule has 4 aromatic rings. The number of rotatable bonds is 8. The number of aromatic carboxylic acids is 1. The smallest absolute Gasteiger partial charge is 0.411 e. The Morgan fingerprint density at radius 2 is 1.81 bits per heavy atom. The van der Waals surface area contributed by atoms with Crippen LogP contribution in [-0.2, 0) is 11.3 Å². The van der Waals surface area contributed by atoms with Crippen LogP contribution in [0.3, 0.4) is 0 Å². The van der Waals surface area contributed by atoms with Gasteiger partial charge in [0.05, 0.1) is 32.8 Å². The van der Waals surface area contributed by atoms with E-state index in [1.807, 2.05) is 0 Å². The molecule has 1 heterocycles. The Kier molecular flexibility index (Phi) is 8.93. The van der Waals surface area contributed by atoms with Gasteiger partial charge in [-0.2, -0.15) is 0 Å². The summed E-state index contributed by atoms with van der Waals surface area (Å²) in [4.78, 5) is 23.4. The summed E-state index contributed by atoms with van der Waals surface area (Å²) in [6, 6.07) is 14.6. The Morgan fingerprint density at radius 3 is 2.48 bits per heavy atom. The van der Waals surface area contributed by atoms with Gasteiger partial charge in [0.25, 0.3) is 0 Å². The van der Waals surface area contributed by atoms with Crippen LogP contribution in [0.5, 0.6) is 5.75 Å².